The van der Waals surface area contributed by atoms with Crippen LogP contribution in [0.5, 0.6) is 6.01 Å². The number of hydrogen-bond donors (Lipinski definition) is 1. The molecular weight excluding hydrogens is 640 g/mol. The van der Waals surface area contributed by atoms with Gasteiger partial charge in [0.25, 0.3) is 0 Å². The van der Waals surface area contributed by atoms with Crippen LogP contribution in [0.2, 0.25) is 5.02 Å². The van der Waals surface area contributed by atoms with Crippen LogP contribution < -0.4 is 9.64 Å². The largest absolute Gasteiger partial charge is 0.461 e. The molecule has 1 saturated carbocycles. The first-order valence-electron chi connectivity index (χ1n) is 17.0. The van der Waals surface area contributed by atoms with E-state index in [1.165, 1.54) is 0 Å². The van der Waals surface area contributed by atoms with E-state index < -0.39 is 12.0 Å². The molecule has 1 N–H and O–H groups in total. The Kier molecular flexibility index (Phi) is 6.35. The molecule has 4 aromatic heterocycles. The second-order valence-electron chi connectivity index (χ2n) is 14.6. The van der Waals surface area contributed by atoms with E-state index in [-0.39, 0.29) is 40.7 Å². The number of aromatic nitrogens is 7. The van der Waals surface area contributed by atoms with Crippen LogP contribution >= 0.6 is 11.6 Å². The van der Waals surface area contributed by atoms with Crippen molar-refractivity contribution < 1.29 is 18.0 Å². The number of piperidine rings is 1. The maximum atomic E-state index is 17.2. The van der Waals surface area contributed by atoms with Crippen LogP contribution in [0.25, 0.3) is 33.1 Å². The molecule has 1 aromatic carbocycles. The maximum Gasteiger partial charge on any atom is 0.319 e. The van der Waals surface area contributed by atoms with Gasteiger partial charge in [-0.2, -0.15) is 20.1 Å². The van der Waals surface area contributed by atoms with E-state index in [2.05, 4.69) is 25.2 Å². The molecule has 1 spiro atoms. The summed E-state index contributed by atoms with van der Waals surface area (Å²) in [6.45, 7) is 3.05. The molecule has 2 atom stereocenters. The molecule has 6 aliphatic heterocycles. The Hall–Kier alpha value is -3.97. The second kappa shape index (κ2) is 10.5. The molecule has 9 bridgehead atoms. The number of nitrogens with zero attached hydrogens (tertiary/aromatic N) is 8. The van der Waals surface area contributed by atoms with Gasteiger partial charge in [-0.3, -0.25) is 15.0 Å². The van der Waals surface area contributed by atoms with Gasteiger partial charge < -0.3 is 14.2 Å². The summed E-state index contributed by atoms with van der Waals surface area (Å²) in [5.74, 6) is 1.52. The molecule has 1 aliphatic carbocycles. The number of benzene rings is 1. The number of fused-ring (bicyclic) bond motifs is 2. The third-order valence-electron chi connectivity index (χ3n) is 11.7. The van der Waals surface area contributed by atoms with Gasteiger partial charge in [-0.25, -0.2) is 8.78 Å². The number of aromatic amines is 1. The summed E-state index contributed by atoms with van der Waals surface area (Å²) < 4.78 is 43.8. The van der Waals surface area contributed by atoms with Crippen molar-refractivity contribution >= 4 is 39.2 Å². The van der Waals surface area contributed by atoms with Gasteiger partial charge in [-0.05, 0) is 68.5 Å². The van der Waals surface area contributed by atoms with Crippen molar-refractivity contribution in [1.29, 1.82) is 0 Å². The van der Waals surface area contributed by atoms with Gasteiger partial charge in [0.2, 0.25) is 5.89 Å². The van der Waals surface area contributed by atoms with Crippen molar-refractivity contribution in [2.45, 2.75) is 75.4 Å². The first kappa shape index (κ1) is 29.0. The molecule has 48 heavy (non-hydrogen) atoms. The maximum absolute atomic E-state index is 17.2. The van der Waals surface area contributed by atoms with Crippen molar-refractivity contribution in [3.63, 3.8) is 0 Å². The first-order chi connectivity index (χ1) is 23.4. The molecule has 10 heterocycles. The van der Waals surface area contributed by atoms with Gasteiger partial charge in [-0.1, -0.05) is 16.8 Å². The first-order valence-corrected chi connectivity index (χ1v) is 17.4. The van der Waals surface area contributed by atoms with Crippen LogP contribution in [-0.4, -0.2) is 84.7 Å². The summed E-state index contributed by atoms with van der Waals surface area (Å²) in [6.07, 6.45) is 9.55. The van der Waals surface area contributed by atoms with E-state index in [1.807, 2.05) is 0 Å². The lowest BCUT2D eigenvalue weighted by Gasteiger charge is -2.52. The predicted molar refractivity (Wildman–Crippen MR) is 173 cm³/mol. The van der Waals surface area contributed by atoms with Crippen molar-refractivity contribution in [2.24, 2.45) is 5.41 Å². The molecule has 7 aliphatic rings. The summed E-state index contributed by atoms with van der Waals surface area (Å²) in [7, 11) is 0. The monoisotopic (exact) mass is 673 g/mol. The smallest absolute Gasteiger partial charge is 0.319 e. The zero-order valence-corrected chi connectivity index (χ0v) is 27.1. The highest BCUT2D eigenvalue weighted by molar-refractivity contribution is 6.33. The summed E-state index contributed by atoms with van der Waals surface area (Å²) in [4.78, 5) is 23.6. The standard InChI is InChI=1S/C34H34ClF2N9O2/c35-23-9-24-21(14-39-43-24)26-20(23)3-4-25-40-30(44-48-25)18-10-33(11-18)5-1-7-45(16-33)31-22-13-38-29(26)27(37)28(22)41-32(42-31)47-17-34-6-2-8-46(34)15-19(36)12-34/h9,13-14,18-19H,1-8,10-12,15-17H2,(H,39,43)/t18?,19-,33?,34+/m1/s1. The van der Waals surface area contributed by atoms with Gasteiger partial charge in [0, 0.05) is 60.6 Å². The highest BCUT2D eigenvalue weighted by atomic mass is 35.5. The van der Waals surface area contributed by atoms with Gasteiger partial charge in [0.05, 0.1) is 22.6 Å². The third-order valence-corrected chi connectivity index (χ3v) is 12.0. The van der Waals surface area contributed by atoms with Gasteiger partial charge in [0.1, 0.15) is 29.8 Å². The molecule has 3 saturated heterocycles. The van der Waals surface area contributed by atoms with E-state index in [4.69, 9.17) is 40.8 Å². The number of ether oxygens (including phenoxy) is 1. The fourth-order valence-corrected chi connectivity index (χ4v) is 9.72. The minimum Gasteiger partial charge on any atom is -0.461 e. The molecular formula is C34H34ClF2N9O2. The van der Waals surface area contributed by atoms with E-state index in [0.717, 1.165) is 64.0 Å². The van der Waals surface area contributed by atoms with Crippen molar-refractivity contribution in [2.75, 3.05) is 37.7 Å². The Morgan fingerprint density at radius 1 is 1.06 bits per heavy atom. The quantitative estimate of drug-likeness (QED) is 0.245. The number of anilines is 1. The van der Waals surface area contributed by atoms with Crippen LogP contribution in [0.15, 0.2) is 23.0 Å². The summed E-state index contributed by atoms with van der Waals surface area (Å²) in [6, 6.07) is 1.90. The summed E-state index contributed by atoms with van der Waals surface area (Å²) in [5.41, 5.74) is 1.84. The molecule has 5 aromatic rings. The normalized spacial score (nSPS) is 28.2. The number of nitrogens with one attached hydrogen (secondary N) is 1. The van der Waals surface area contributed by atoms with Crippen molar-refractivity contribution in [1.82, 2.24) is 40.2 Å². The van der Waals surface area contributed by atoms with Crippen LogP contribution in [0, 0.1) is 11.2 Å². The minimum absolute atomic E-state index is 0.0713. The van der Waals surface area contributed by atoms with E-state index in [9.17, 15) is 4.39 Å². The third kappa shape index (κ3) is 4.38. The SMILES string of the molecule is Fc1c2ncc3c(nc(OC[C@@]45CCCN4C[C@H](F)C5)nc13)N1CCCC3(CC(C3)c3noc(n3)CCc3c(Cl)cc4[nH]ncc4c3-2)C1. The Morgan fingerprint density at radius 2 is 1.96 bits per heavy atom. The number of alkyl halides is 1. The molecule has 248 valence electrons. The zero-order chi connectivity index (χ0) is 32.2. The van der Waals surface area contributed by atoms with Crippen LogP contribution in [-0.2, 0) is 12.8 Å². The Labute approximate surface area is 279 Å². The van der Waals surface area contributed by atoms with E-state index in [1.54, 1.807) is 18.5 Å². The number of halogens is 3. The highest BCUT2D eigenvalue weighted by Gasteiger charge is 2.50. The molecule has 0 radical (unpaired) electrons. The van der Waals surface area contributed by atoms with E-state index >= 15 is 4.39 Å². The van der Waals surface area contributed by atoms with Crippen LogP contribution in [0.3, 0.4) is 0 Å². The molecule has 12 rings (SSSR count). The molecule has 11 nitrogen and oxygen atoms in total. The zero-order valence-electron chi connectivity index (χ0n) is 26.3. The molecule has 14 heteroatoms. The van der Waals surface area contributed by atoms with Crippen LogP contribution in [0.1, 0.15) is 68.1 Å². The van der Waals surface area contributed by atoms with Crippen molar-refractivity contribution in [3.05, 3.63) is 46.6 Å². The lowest BCUT2D eigenvalue weighted by atomic mass is 9.58. The fourth-order valence-electron chi connectivity index (χ4n) is 9.42. The number of hydrogen-bond acceptors (Lipinski definition) is 10. The number of H-pyrrole nitrogens is 1. The van der Waals surface area contributed by atoms with Gasteiger partial charge in [0.15, 0.2) is 11.6 Å². The number of rotatable bonds is 3. The minimum atomic E-state index is -0.884. The fraction of sp³-hybridized carbons (Fsp3) is 0.529. The van der Waals surface area contributed by atoms with Gasteiger partial charge in [-0.15, -0.1) is 0 Å². The Bertz CT molecular complexity index is 2100. The predicted octanol–water partition coefficient (Wildman–Crippen LogP) is 5.96. The van der Waals surface area contributed by atoms with Crippen molar-refractivity contribution in [3.8, 4) is 17.3 Å². The number of pyridine rings is 1. The summed E-state index contributed by atoms with van der Waals surface area (Å²) in [5, 5.41) is 13.2. The topological polar surface area (TPSA) is 122 Å². The summed E-state index contributed by atoms with van der Waals surface area (Å²) >= 11 is 6.89. The van der Waals surface area contributed by atoms with Gasteiger partial charge >= 0.3 is 6.01 Å². The molecule has 4 fully saturated rings. The number of aryl methyl sites for hydroxylation is 1. The second-order valence-corrected chi connectivity index (χ2v) is 15.0. The highest BCUT2D eigenvalue weighted by Crippen LogP contribution is 2.55. The average Bonchev–Trinajstić information content (AvgIpc) is 3.86. The Balaban J connectivity index is 1.15. The molecule has 0 unspecified atom stereocenters. The lowest BCUT2D eigenvalue weighted by Crippen LogP contribution is -2.50. The van der Waals surface area contributed by atoms with E-state index in [0.29, 0.717) is 70.0 Å². The lowest BCUT2D eigenvalue weighted by molar-refractivity contribution is 0.0740. The Morgan fingerprint density at radius 3 is 2.88 bits per heavy atom. The van der Waals surface area contributed by atoms with Crippen LogP contribution in [0.4, 0.5) is 14.6 Å². The average molecular weight is 674 g/mol. The molecule has 0 amide bonds.